The Morgan fingerprint density at radius 2 is 1.57 bits per heavy atom. The number of non-ortho nitro benzene ring substituents is 1. The smallest absolute Gasteiger partial charge is 0.270 e. The highest BCUT2D eigenvalue weighted by molar-refractivity contribution is 5.71. The van der Waals surface area contributed by atoms with E-state index in [0.717, 1.165) is 28.3 Å². The molecule has 7 nitrogen and oxygen atoms in total. The fourth-order valence-corrected chi connectivity index (χ4v) is 2.85. The number of methoxy groups -OCH3 is 2. The fraction of sp³-hybridized carbons (Fsp3) is 0.130. The van der Waals surface area contributed by atoms with Crippen LogP contribution in [0.3, 0.4) is 0 Å². The molecule has 0 bridgehead atoms. The SMILES string of the molecule is COc1cc(/C=C/c2ccc(NCc3cc([N+](=O)[O-])ccc3O)cc2)cc(OC)c1. The van der Waals surface area contributed by atoms with Crippen molar-refractivity contribution in [1.82, 2.24) is 0 Å². The first-order chi connectivity index (χ1) is 14.5. The molecule has 0 spiro atoms. The molecule has 154 valence electrons. The Kier molecular flexibility index (Phi) is 6.54. The van der Waals surface area contributed by atoms with Crippen molar-refractivity contribution in [2.75, 3.05) is 19.5 Å². The van der Waals surface area contributed by atoms with E-state index >= 15 is 0 Å². The van der Waals surface area contributed by atoms with Gasteiger partial charge in [0.05, 0.1) is 19.1 Å². The van der Waals surface area contributed by atoms with Crippen LogP contribution in [0.2, 0.25) is 0 Å². The van der Waals surface area contributed by atoms with Crippen molar-refractivity contribution >= 4 is 23.5 Å². The maximum atomic E-state index is 10.9. The first-order valence-corrected chi connectivity index (χ1v) is 9.20. The van der Waals surface area contributed by atoms with Crippen LogP contribution >= 0.6 is 0 Å². The molecular weight excluding hydrogens is 384 g/mol. The van der Waals surface area contributed by atoms with Crippen LogP contribution in [0.15, 0.2) is 60.7 Å². The number of anilines is 1. The number of phenolic OH excluding ortho intramolecular Hbond substituents is 1. The van der Waals surface area contributed by atoms with Crippen LogP contribution in [0.5, 0.6) is 17.2 Å². The van der Waals surface area contributed by atoms with E-state index in [2.05, 4.69) is 5.32 Å². The summed E-state index contributed by atoms with van der Waals surface area (Å²) < 4.78 is 10.6. The minimum Gasteiger partial charge on any atom is -0.508 e. The minimum absolute atomic E-state index is 0.0152. The van der Waals surface area contributed by atoms with Crippen LogP contribution in [0, 0.1) is 10.1 Å². The number of nitrogens with zero attached hydrogens (tertiary/aromatic N) is 1. The van der Waals surface area contributed by atoms with E-state index in [0.29, 0.717) is 5.56 Å². The largest absolute Gasteiger partial charge is 0.508 e. The molecule has 0 saturated heterocycles. The van der Waals surface area contributed by atoms with Gasteiger partial charge in [0, 0.05) is 36.0 Å². The van der Waals surface area contributed by atoms with Gasteiger partial charge in [0.25, 0.3) is 5.69 Å². The lowest BCUT2D eigenvalue weighted by atomic mass is 10.1. The van der Waals surface area contributed by atoms with Gasteiger partial charge in [0.2, 0.25) is 0 Å². The van der Waals surface area contributed by atoms with Gasteiger partial charge in [0.1, 0.15) is 17.2 Å². The number of hydrogen-bond donors (Lipinski definition) is 2. The number of nitro benzene ring substituents is 1. The maximum Gasteiger partial charge on any atom is 0.270 e. The van der Waals surface area contributed by atoms with Gasteiger partial charge in [-0.2, -0.15) is 0 Å². The number of rotatable bonds is 8. The molecule has 0 unspecified atom stereocenters. The lowest BCUT2D eigenvalue weighted by molar-refractivity contribution is -0.384. The Bertz CT molecular complexity index is 1040. The predicted octanol–water partition coefficient (Wildman–Crippen LogP) is 5.10. The zero-order valence-corrected chi connectivity index (χ0v) is 16.7. The van der Waals surface area contributed by atoms with Crippen molar-refractivity contribution in [2.45, 2.75) is 6.54 Å². The van der Waals surface area contributed by atoms with Gasteiger partial charge in [-0.1, -0.05) is 24.3 Å². The molecule has 0 atom stereocenters. The molecule has 0 aliphatic heterocycles. The van der Waals surface area contributed by atoms with Crippen LogP contribution in [-0.4, -0.2) is 24.2 Å². The second-order valence-corrected chi connectivity index (χ2v) is 6.53. The lowest BCUT2D eigenvalue weighted by Gasteiger charge is -2.08. The van der Waals surface area contributed by atoms with E-state index in [1.54, 1.807) is 14.2 Å². The molecule has 0 fully saturated rings. The topological polar surface area (TPSA) is 93.9 Å². The van der Waals surface area contributed by atoms with Crippen LogP contribution in [0.4, 0.5) is 11.4 Å². The van der Waals surface area contributed by atoms with Crippen molar-refractivity contribution in [2.24, 2.45) is 0 Å². The van der Waals surface area contributed by atoms with Gasteiger partial charge >= 0.3 is 0 Å². The van der Waals surface area contributed by atoms with Gasteiger partial charge < -0.3 is 19.9 Å². The molecule has 2 N–H and O–H groups in total. The number of phenols is 1. The summed E-state index contributed by atoms with van der Waals surface area (Å²) >= 11 is 0. The van der Waals surface area contributed by atoms with Gasteiger partial charge in [-0.3, -0.25) is 10.1 Å². The first kappa shape index (κ1) is 20.7. The second kappa shape index (κ2) is 9.47. The van der Waals surface area contributed by atoms with Gasteiger partial charge in [-0.15, -0.1) is 0 Å². The summed E-state index contributed by atoms with van der Waals surface area (Å²) in [6.45, 7) is 0.270. The number of ether oxygens (including phenoxy) is 2. The highest BCUT2D eigenvalue weighted by Crippen LogP contribution is 2.25. The molecule has 0 amide bonds. The Labute approximate surface area is 174 Å². The molecule has 7 heteroatoms. The summed E-state index contributed by atoms with van der Waals surface area (Å²) in [5, 5.41) is 24.0. The summed E-state index contributed by atoms with van der Waals surface area (Å²) in [5.41, 5.74) is 3.19. The van der Waals surface area contributed by atoms with Crippen molar-refractivity contribution in [3.63, 3.8) is 0 Å². The van der Waals surface area contributed by atoms with Crippen molar-refractivity contribution in [3.05, 3.63) is 87.5 Å². The molecule has 0 radical (unpaired) electrons. The third-order valence-corrected chi connectivity index (χ3v) is 4.51. The van der Waals surface area contributed by atoms with E-state index < -0.39 is 4.92 Å². The Hall–Kier alpha value is -4.00. The summed E-state index contributed by atoms with van der Waals surface area (Å²) in [4.78, 5) is 10.4. The molecule has 3 aromatic carbocycles. The standard InChI is InChI=1S/C23H22N2O5/c1-29-21-11-17(12-22(14-21)30-2)4-3-16-5-7-19(8-6-16)24-15-18-13-20(25(27)28)9-10-23(18)26/h3-14,24,26H,15H2,1-2H3/b4-3+. The summed E-state index contributed by atoms with van der Waals surface area (Å²) in [6, 6.07) is 17.3. The van der Waals surface area contributed by atoms with Crippen LogP contribution in [0.25, 0.3) is 12.2 Å². The molecule has 3 rings (SSSR count). The zero-order chi connectivity index (χ0) is 21.5. The second-order valence-electron chi connectivity index (χ2n) is 6.53. The number of benzene rings is 3. The van der Waals surface area contributed by atoms with Gasteiger partial charge in [0.15, 0.2) is 0 Å². The van der Waals surface area contributed by atoms with Crippen LogP contribution in [0.1, 0.15) is 16.7 Å². The number of hydrogen-bond acceptors (Lipinski definition) is 6. The normalized spacial score (nSPS) is 10.7. The highest BCUT2D eigenvalue weighted by atomic mass is 16.6. The molecule has 0 saturated carbocycles. The zero-order valence-electron chi connectivity index (χ0n) is 16.7. The first-order valence-electron chi connectivity index (χ1n) is 9.20. The Morgan fingerprint density at radius 1 is 0.933 bits per heavy atom. The average Bonchev–Trinajstić information content (AvgIpc) is 2.77. The van der Waals surface area contributed by atoms with Gasteiger partial charge in [-0.25, -0.2) is 0 Å². The lowest BCUT2D eigenvalue weighted by Crippen LogP contribution is -2.00. The average molecular weight is 406 g/mol. The quantitative estimate of drug-likeness (QED) is 0.307. The van der Waals surface area contributed by atoms with Crippen LogP contribution < -0.4 is 14.8 Å². The van der Waals surface area contributed by atoms with Crippen LogP contribution in [-0.2, 0) is 6.54 Å². The highest BCUT2D eigenvalue weighted by Gasteiger charge is 2.10. The molecule has 0 heterocycles. The Balaban J connectivity index is 1.66. The molecule has 0 aromatic heterocycles. The molecule has 0 aliphatic rings. The predicted molar refractivity (Wildman–Crippen MR) is 117 cm³/mol. The van der Waals surface area contributed by atoms with E-state index in [9.17, 15) is 15.2 Å². The number of nitrogens with one attached hydrogen (secondary N) is 1. The summed E-state index contributed by atoms with van der Waals surface area (Å²) in [6.07, 6.45) is 3.94. The molecule has 0 aliphatic carbocycles. The van der Waals surface area contributed by atoms with E-state index in [4.69, 9.17) is 9.47 Å². The molecule has 30 heavy (non-hydrogen) atoms. The minimum atomic E-state index is -0.484. The summed E-state index contributed by atoms with van der Waals surface area (Å²) in [5.74, 6) is 1.46. The van der Waals surface area contributed by atoms with Gasteiger partial charge in [-0.05, 0) is 41.5 Å². The third-order valence-electron chi connectivity index (χ3n) is 4.51. The summed E-state index contributed by atoms with van der Waals surface area (Å²) in [7, 11) is 3.22. The number of aromatic hydroxyl groups is 1. The Morgan fingerprint density at radius 3 is 2.17 bits per heavy atom. The van der Waals surface area contributed by atoms with Crippen molar-refractivity contribution < 1.29 is 19.5 Å². The third kappa shape index (κ3) is 5.29. The van der Waals surface area contributed by atoms with Crippen molar-refractivity contribution in [3.8, 4) is 17.2 Å². The fourth-order valence-electron chi connectivity index (χ4n) is 2.85. The number of nitro groups is 1. The monoisotopic (exact) mass is 406 g/mol. The molecule has 3 aromatic rings. The molecular formula is C23H22N2O5. The van der Waals surface area contributed by atoms with E-state index in [-0.39, 0.29) is 18.0 Å². The van der Waals surface area contributed by atoms with E-state index in [1.165, 1.54) is 18.2 Å². The van der Waals surface area contributed by atoms with E-state index in [1.807, 2.05) is 54.6 Å². The maximum absolute atomic E-state index is 10.9. The van der Waals surface area contributed by atoms with Crippen molar-refractivity contribution in [1.29, 1.82) is 0 Å².